The zero-order valence-corrected chi connectivity index (χ0v) is 22.3. The number of rotatable bonds is 9. The molecule has 0 unspecified atom stereocenters. The molecule has 2 amide bonds. The van der Waals surface area contributed by atoms with Crippen LogP contribution in [0.25, 0.3) is 6.08 Å². The highest BCUT2D eigenvalue weighted by atomic mass is 35.5. The minimum absolute atomic E-state index is 0.0144. The van der Waals surface area contributed by atoms with Crippen LogP contribution in [0.3, 0.4) is 0 Å². The Hall–Kier alpha value is -4.01. The molecule has 0 spiro atoms. The second-order valence-corrected chi connectivity index (χ2v) is 9.00. The molecule has 4 rings (SSSR count). The van der Waals surface area contributed by atoms with Crippen LogP contribution >= 0.6 is 23.2 Å². The van der Waals surface area contributed by atoms with Crippen molar-refractivity contribution in [3.8, 4) is 11.5 Å². The number of hydrogen-bond donors (Lipinski definition) is 2. The van der Waals surface area contributed by atoms with Gasteiger partial charge in [-0.15, -0.1) is 0 Å². The van der Waals surface area contributed by atoms with Gasteiger partial charge in [0, 0.05) is 30.4 Å². The number of carbonyl (C=O) groups excluding carboxylic acids is 2. The van der Waals surface area contributed by atoms with E-state index in [9.17, 15) is 9.59 Å². The highest BCUT2D eigenvalue weighted by Gasteiger charge is 2.18. The van der Waals surface area contributed by atoms with Crippen molar-refractivity contribution in [2.75, 3.05) is 24.8 Å². The number of benzene rings is 3. The highest BCUT2D eigenvalue weighted by molar-refractivity contribution is 6.34. The lowest BCUT2D eigenvalue weighted by Crippen LogP contribution is -2.33. The Bertz CT molecular complexity index is 1390. The zero-order chi connectivity index (χ0) is 27.1. The molecule has 196 valence electrons. The normalized spacial score (nSPS) is 12.5. The molecule has 0 radical (unpaired) electrons. The smallest absolute Gasteiger partial charge is 0.287 e. The fourth-order valence-electron chi connectivity index (χ4n) is 3.78. The lowest BCUT2D eigenvalue weighted by Gasteiger charge is -2.21. The first-order valence-corrected chi connectivity index (χ1v) is 12.7. The summed E-state index contributed by atoms with van der Waals surface area (Å²) in [5, 5.41) is 7.32. The summed E-state index contributed by atoms with van der Waals surface area (Å²) in [6.45, 7) is 6.03. The van der Waals surface area contributed by atoms with Gasteiger partial charge in [0.2, 0.25) is 6.79 Å². The maximum Gasteiger partial charge on any atom is 0.287 e. The summed E-state index contributed by atoms with van der Waals surface area (Å²) in [6, 6.07) is 17.5. The molecule has 0 saturated heterocycles. The van der Waals surface area contributed by atoms with E-state index in [0.717, 1.165) is 18.8 Å². The van der Waals surface area contributed by atoms with Gasteiger partial charge in [-0.25, -0.2) is 5.43 Å². The topological polar surface area (TPSA) is 92.3 Å². The average Bonchev–Trinajstić information content (AvgIpc) is 3.37. The number of nitrogens with one attached hydrogen (secondary N) is 2. The van der Waals surface area contributed by atoms with Crippen molar-refractivity contribution in [2.45, 2.75) is 13.8 Å². The molecular weight excluding hydrogens is 527 g/mol. The summed E-state index contributed by atoms with van der Waals surface area (Å²) in [6.07, 6.45) is 2.95. The molecule has 1 heterocycles. The van der Waals surface area contributed by atoms with E-state index in [2.05, 4.69) is 34.6 Å². The van der Waals surface area contributed by atoms with Gasteiger partial charge in [0.05, 0.1) is 21.8 Å². The molecule has 0 atom stereocenters. The van der Waals surface area contributed by atoms with E-state index in [1.54, 1.807) is 42.5 Å². The fourth-order valence-corrected chi connectivity index (χ4v) is 4.21. The fraction of sp³-hybridized carbons (Fsp3) is 0.179. The number of ether oxygens (including phenoxy) is 2. The Morgan fingerprint density at radius 3 is 2.34 bits per heavy atom. The number of amides is 2. The van der Waals surface area contributed by atoms with E-state index >= 15 is 0 Å². The SMILES string of the molecule is CCN(CC)c1ccc(C=C(NC(=O)c2ccccc2Cl)C(=O)NN=Cc2cc3c(cc2Cl)OCO3)cc1. The molecule has 0 bridgehead atoms. The van der Waals surface area contributed by atoms with Gasteiger partial charge in [-0.2, -0.15) is 5.10 Å². The van der Waals surface area contributed by atoms with E-state index in [-0.39, 0.29) is 23.1 Å². The summed E-state index contributed by atoms with van der Waals surface area (Å²) in [4.78, 5) is 28.2. The average molecular weight is 553 g/mol. The molecule has 2 N–H and O–H groups in total. The third-order valence-corrected chi connectivity index (χ3v) is 6.46. The number of anilines is 1. The van der Waals surface area contributed by atoms with Crippen LogP contribution < -0.4 is 25.1 Å². The van der Waals surface area contributed by atoms with Gasteiger partial charge >= 0.3 is 0 Å². The molecule has 0 aromatic heterocycles. The Morgan fingerprint density at radius 2 is 1.66 bits per heavy atom. The van der Waals surface area contributed by atoms with Crippen molar-refractivity contribution >= 4 is 53.0 Å². The Morgan fingerprint density at radius 1 is 0.974 bits per heavy atom. The van der Waals surface area contributed by atoms with Gasteiger partial charge in [-0.05, 0) is 55.8 Å². The molecule has 3 aromatic rings. The van der Waals surface area contributed by atoms with Crippen molar-refractivity contribution < 1.29 is 19.1 Å². The summed E-state index contributed by atoms with van der Waals surface area (Å²) in [7, 11) is 0. The van der Waals surface area contributed by atoms with Gasteiger partial charge < -0.3 is 19.7 Å². The van der Waals surface area contributed by atoms with Gasteiger partial charge in [-0.3, -0.25) is 9.59 Å². The quantitative estimate of drug-likeness (QED) is 0.208. The highest BCUT2D eigenvalue weighted by Crippen LogP contribution is 2.36. The summed E-state index contributed by atoms with van der Waals surface area (Å²) >= 11 is 12.5. The maximum absolute atomic E-state index is 13.1. The number of nitrogens with zero attached hydrogens (tertiary/aromatic N) is 2. The van der Waals surface area contributed by atoms with Gasteiger partial charge in [0.25, 0.3) is 11.8 Å². The molecule has 3 aromatic carbocycles. The number of hydrogen-bond acceptors (Lipinski definition) is 6. The van der Waals surface area contributed by atoms with E-state index in [4.69, 9.17) is 32.7 Å². The van der Waals surface area contributed by atoms with Crippen LogP contribution in [0.1, 0.15) is 35.3 Å². The first-order valence-electron chi connectivity index (χ1n) is 11.9. The molecule has 1 aliphatic heterocycles. The van der Waals surface area contributed by atoms with Gasteiger partial charge in [0.15, 0.2) is 11.5 Å². The zero-order valence-electron chi connectivity index (χ0n) is 20.8. The predicted molar refractivity (Wildman–Crippen MR) is 150 cm³/mol. The van der Waals surface area contributed by atoms with Crippen LogP contribution in [0.2, 0.25) is 10.0 Å². The molecule has 1 aliphatic rings. The third kappa shape index (κ3) is 6.45. The Labute approximate surface area is 230 Å². The van der Waals surface area contributed by atoms with Crippen molar-refractivity contribution in [3.05, 3.63) is 93.1 Å². The van der Waals surface area contributed by atoms with Crippen molar-refractivity contribution in [2.24, 2.45) is 5.10 Å². The number of carbonyl (C=O) groups is 2. The number of fused-ring (bicyclic) bond motifs is 1. The first kappa shape index (κ1) is 27.0. The Balaban J connectivity index is 1.56. The lowest BCUT2D eigenvalue weighted by atomic mass is 10.1. The first-order chi connectivity index (χ1) is 18.4. The number of halogens is 2. The minimum Gasteiger partial charge on any atom is -0.454 e. The summed E-state index contributed by atoms with van der Waals surface area (Å²) in [5.74, 6) is -0.0930. The second-order valence-electron chi connectivity index (χ2n) is 8.18. The monoisotopic (exact) mass is 552 g/mol. The third-order valence-electron chi connectivity index (χ3n) is 5.81. The summed E-state index contributed by atoms with van der Waals surface area (Å²) < 4.78 is 10.7. The minimum atomic E-state index is -0.633. The molecular formula is C28H26Cl2N4O4. The van der Waals surface area contributed by atoms with Gasteiger partial charge in [0.1, 0.15) is 5.70 Å². The largest absolute Gasteiger partial charge is 0.454 e. The van der Waals surface area contributed by atoms with Crippen molar-refractivity contribution in [1.82, 2.24) is 10.7 Å². The second kappa shape index (κ2) is 12.5. The Kier molecular flexibility index (Phi) is 8.89. The predicted octanol–water partition coefficient (Wildman–Crippen LogP) is 5.49. The van der Waals surface area contributed by atoms with Crippen LogP contribution in [0.5, 0.6) is 11.5 Å². The maximum atomic E-state index is 13.1. The summed E-state index contributed by atoms with van der Waals surface area (Å²) in [5.41, 5.74) is 4.96. The standard InChI is InChI=1S/C28H26Cl2N4O4/c1-3-34(4-2)20-11-9-18(10-12-20)13-24(32-27(35)21-7-5-6-8-22(21)29)28(36)33-31-16-19-14-25-26(15-23(19)30)38-17-37-25/h5-16H,3-4,17H2,1-2H3,(H,32,35)(H,33,36). The molecule has 0 saturated carbocycles. The molecule has 10 heteroatoms. The van der Waals surface area contributed by atoms with Crippen molar-refractivity contribution in [1.29, 1.82) is 0 Å². The van der Waals surface area contributed by atoms with Crippen LogP contribution in [0.4, 0.5) is 5.69 Å². The molecule has 8 nitrogen and oxygen atoms in total. The van der Waals surface area contributed by atoms with Crippen molar-refractivity contribution in [3.63, 3.8) is 0 Å². The molecule has 0 aliphatic carbocycles. The van der Waals surface area contributed by atoms with Crippen LogP contribution in [0.15, 0.2) is 71.5 Å². The van der Waals surface area contributed by atoms with E-state index in [0.29, 0.717) is 27.6 Å². The van der Waals surface area contributed by atoms with E-state index in [1.165, 1.54) is 6.21 Å². The van der Waals surface area contributed by atoms with Gasteiger partial charge in [-0.1, -0.05) is 47.5 Å². The van der Waals surface area contributed by atoms with E-state index in [1.807, 2.05) is 24.3 Å². The number of hydrazone groups is 1. The van der Waals surface area contributed by atoms with Crippen LogP contribution in [-0.2, 0) is 4.79 Å². The van der Waals surface area contributed by atoms with Crippen LogP contribution in [-0.4, -0.2) is 37.9 Å². The van der Waals surface area contributed by atoms with Crippen LogP contribution in [0, 0.1) is 0 Å². The molecule has 0 fully saturated rings. The van der Waals surface area contributed by atoms with E-state index < -0.39 is 11.8 Å². The lowest BCUT2D eigenvalue weighted by molar-refractivity contribution is -0.117. The molecule has 38 heavy (non-hydrogen) atoms.